The molecule has 38 heavy (non-hydrogen) atoms. The second-order valence-electron chi connectivity index (χ2n) is 9.58. The van der Waals surface area contributed by atoms with Gasteiger partial charge in [0.25, 0.3) is 11.8 Å². The van der Waals surface area contributed by atoms with Crippen LogP contribution in [0.25, 0.3) is 6.08 Å². The summed E-state index contributed by atoms with van der Waals surface area (Å²) in [4.78, 5) is 53.0. The number of barbiturate groups is 1. The Kier molecular flexibility index (Phi) is 6.79. The number of hydrogen-bond acceptors (Lipinski definition) is 8. The lowest BCUT2D eigenvalue weighted by atomic mass is 9.93. The van der Waals surface area contributed by atoms with Gasteiger partial charge >= 0.3 is 12.0 Å². The Labute approximate surface area is 219 Å². The van der Waals surface area contributed by atoms with Crippen molar-refractivity contribution in [2.75, 3.05) is 21.3 Å². The van der Waals surface area contributed by atoms with Gasteiger partial charge in [-0.25, -0.2) is 9.59 Å². The highest BCUT2D eigenvalue weighted by Crippen LogP contribution is 2.47. The first kappa shape index (κ1) is 25.3. The van der Waals surface area contributed by atoms with Crippen LogP contribution in [0.15, 0.2) is 42.0 Å². The maximum Gasteiger partial charge on any atom is 0.343 e. The van der Waals surface area contributed by atoms with Crippen molar-refractivity contribution in [2.24, 2.45) is 11.8 Å². The molecular weight excluding hydrogens is 492 g/mol. The van der Waals surface area contributed by atoms with E-state index in [1.54, 1.807) is 24.3 Å². The van der Waals surface area contributed by atoms with Crippen LogP contribution < -0.4 is 24.3 Å². The van der Waals surface area contributed by atoms with Crippen molar-refractivity contribution in [1.82, 2.24) is 10.2 Å². The first-order valence-electron chi connectivity index (χ1n) is 12.4. The van der Waals surface area contributed by atoms with Crippen LogP contribution >= 0.6 is 0 Å². The minimum absolute atomic E-state index is 0.128. The van der Waals surface area contributed by atoms with E-state index in [1.165, 1.54) is 44.4 Å². The number of carbonyl (C=O) groups is 4. The summed E-state index contributed by atoms with van der Waals surface area (Å²) in [5, 5.41) is 2.30. The minimum Gasteiger partial charge on any atom is -0.493 e. The number of hydrogen-bond donors (Lipinski definition) is 1. The molecule has 5 rings (SSSR count). The molecule has 0 aromatic heterocycles. The van der Waals surface area contributed by atoms with E-state index in [4.69, 9.17) is 18.9 Å². The molecule has 4 amide bonds. The van der Waals surface area contributed by atoms with Gasteiger partial charge in [0.15, 0.2) is 11.5 Å². The summed E-state index contributed by atoms with van der Waals surface area (Å²) in [6.45, 7) is 0. The molecule has 0 unspecified atom stereocenters. The summed E-state index contributed by atoms with van der Waals surface area (Å²) in [5.41, 5.74) is 0.277. The minimum atomic E-state index is -0.787. The van der Waals surface area contributed by atoms with Crippen molar-refractivity contribution in [1.29, 1.82) is 0 Å². The zero-order chi connectivity index (χ0) is 27.0. The van der Waals surface area contributed by atoms with Crippen LogP contribution in [-0.2, 0) is 9.59 Å². The first-order valence-corrected chi connectivity index (χ1v) is 12.4. The Morgan fingerprint density at radius 1 is 0.947 bits per heavy atom. The number of urea groups is 1. The van der Waals surface area contributed by atoms with Gasteiger partial charge < -0.3 is 18.9 Å². The molecule has 2 aromatic carbocycles. The number of amides is 4. The van der Waals surface area contributed by atoms with Gasteiger partial charge in [0, 0.05) is 11.6 Å². The predicted octanol–water partition coefficient (Wildman–Crippen LogP) is 3.58. The number of nitrogens with one attached hydrogen (secondary N) is 1. The number of carbonyl (C=O) groups excluding carboxylic acids is 4. The van der Waals surface area contributed by atoms with Gasteiger partial charge in [-0.15, -0.1) is 0 Å². The molecule has 10 heteroatoms. The summed E-state index contributed by atoms with van der Waals surface area (Å²) in [6, 6.07) is 8.53. The quantitative estimate of drug-likeness (QED) is 0.255. The third kappa shape index (κ3) is 4.46. The molecule has 3 aliphatic rings. The van der Waals surface area contributed by atoms with Crippen LogP contribution in [0.2, 0.25) is 0 Å². The highest BCUT2D eigenvalue weighted by molar-refractivity contribution is 6.31. The van der Waals surface area contributed by atoms with Crippen molar-refractivity contribution in [3.05, 3.63) is 53.1 Å². The highest BCUT2D eigenvalue weighted by atomic mass is 16.5. The molecule has 2 saturated carbocycles. The van der Waals surface area contributed by atoms with E-state index in [2.05, 4.69) is 5.32 Å². The monoisotopic (exact) mass is 520 g/mol. The van der Waals surface area contributed by atoms with Crippen LogP contribution in [0.1, 0.15) is 41.6 Å². The first-order chi connectivity index (χ1) is 18.3. The lowest BCUT2D eigenvalue weighted by Crippen LogP contribution is -2.58. The number of para-hydroxylation sites is 1. The van der Waals surface area contributed by atoms with E-state index in [9.17, 15) is 19.2 Å². The van der Waals surface area contributed by atoms with Gasteiger partial charge in [-0.05, 0) is 55.4 Å². The van der Waals surface area contributed by atoms with Crippen molar-refractivity contribution >= 4 is 29.9 Å². The summed E-state index contributed by atoms with van der Waals surface area (Å²) in [7, 11) is 4.33. The topological polar surface area (TPSA) is 120 Å². The number of nitrogens with zero attached hydrogens (tertiary/aromatic N) is 1. The fourth-order valence-electron chi connectivity index (χ4n) is 5.71. The smallest absolute Gasteiger partial charge is 0.343 e. The van der Waals surface area contributed by atoms with E-state index < -0.39 is 23.8 Å². The summed E-state index contributed by atoms with van der Waals surface area (Å²) in [6.07, 6.45) is 5.18. The molecule has 2 aliphatic carbocycles. The number of esters is 1. The van der Waals surface area contributed by atoms with Crippen LogP contribution in [0.3, 0.4) is 0 Å². The second-order valence-corrected chi connectivity index (χ2v) is 9.58. The third-order valence-electron chi connectivity index (χ3n) is 7.49. The third-order valence-corrected chi connectivity index (χ3v) is 7.49. The van der Waals surface area contributed by atoms with Gasteiger partial charge in [-0.2, -0.15) is 0 Å². The van der Waals surface area contributed by atoms with Crippen LogP contribution in [0.4, 0.5) is 4.79 Å². The maximum atomic E-state index is 13.4. The zero-order valence-electron chi connectivity index (χ0n) is 21.3. The molecule has 198 valence electrons. The van der Waals surface area contributed by atoms with Crippen molar-refractivity contribution in [2.45, 2.75) is 31.7 Å². The molecular formula is C28H28N2O8. The lowest BCUT2D eigenvalue weighted by molar-refractivity contribution is -0.132. The fourth-order valence-corrected chi connectivity index (χ4v) is 5.71. The Morgan fingerprint density at radius 2 is 1.66 bits per heavy atom. The SMILES string of the molecule is COc1cc(C(=O)Oc2ccccc2/C=C2/C(=O)NC(=O)N([C@@H]3C[C@H]4CC[C@H]3C4)C2=O)cc(OC)c1OC. The van der Waals surface area contributed by atoms with Gasteiger partial charge in [-0.3, -0.25) is 19.8 Å². The van der Waals surface area contributed by atoms with Gasteiger partial charge in [-0.1, -0.05) is 24.6 Å². The molecule has 0 spiro atoms. The molecule has 1 saturated heterocycles. The van der Waals surface area contributed by atoms with E-state index >= 15 is 0 Å². The second kappa shape index (κ2) is 10.2. The van der Waals surface area contributed by atoms with Gasteiger partial charge in [0.1, 0.15) is 11.3 Å². The average Bonchev–Trinajstić information content (AvgIpc) is 3.54. The molecule has 2 aromatic rings. The highest BCUT2D eigenvalue weighted by Gasteiger charge is 2.49. The summed E-state index contributed by atoms with van der Waals surface area (Å²) in [5.74, 6) is -0.355. The van der Waals surface area contributed by atoms with E-state index in [0.29, 0.717) is 17.2 Å². The van der Waals surface area contributed by atoms with Gasteiger partial charge in [0.05, 0.1) is 26.9 Å². The summed E-state index contributed by atoms with van der Waals surface area (Å²) >= 11 is 0. The predicted molar refractivity (Wildman–Crippen MR) is 135 cm³/mol. The van der Waals surface area contributed by atoms with E-state index in [0.717, 1.165) is 25.7 Å². The van der Waals surface area contributed by atoms with Crippen LogP contribution in [0.5, 0.6) is 23.0 Å². The largest absolute Gasteiger partial charge is 0.493 e. The van der Waals surface area contributed by atoms with Crippen LogP contribution in [0, 0.1) is 11.8 Å². The van der Waals surface area contributed by atoms with E-state index in [-0.39, 0.29) is 40.3 Å². The Morgan fingerprint density at radius 3 is 2.26 bits per heavy atom. The molecule has 3 atom stereocenters. The molecule has 1 aliphatic heterocycles. The number of rotatable bonds is 7. The van der Waals surface area contributed by atoms with Crippen molar-refractivity contribution in [3.63, 3.8) is 0 Å². The number of ether oxygens (including phenoxy) is 4. The standard InChI is InChI=1S/C28H28N2O8/c1-35-22-13-18(14-23(36-2)24(22)37-3)27(33)38-21-7-5-4-6-17(21)12-19-25(31)29-28(34)30(26(19)32)20-11-15-8-9-16(20)10-15/h4-7,12-16,20H,8-11H2,1-3H3,(H,29,31,34)/b19-12-/t15-,16-,20+/m0/s1. The van der Waals surface area contributed by atoms with Crippen molar-refractivity contribution < 1.29 is 38.1 Å². The van der Waals surface area contributed by atoms with E-state index in [1.807, 2.05) is 0 Å². The Hall–Kier alpha value is -4.34. The molecule has 1 heterocycles. The zero-order valence-corrected chi connectivity index (χ0v) is 21.3. The molecule has 1 N–H and O–H groups in total. The Bertz CT molecular complexity index is 1330. The van der Waals surface area contributed by atoms with Gasteiger partial charge in [0.2, 0.25) is 5.75 Å². The normalized spacial score (nSPS) is 23.4. The number of fused-ring (bicyclic) bond motifs is 2. The number of benzene rings is 2. The van der Waals surface area contributed by atoms with Crippen molar-refractivity contribution in [3.8, 4) is 23.0 Å². The summed E-state index contributed by atoms with van der Waals surface area (Å²) < 4.78 is 21.6. The Balaban J connectivity index is 1.43. The lowest BCUT2D eigenvalue weighted by Gasteiger charge is -2.35. The molecule has 10 nitrogen and oxygen atoms in total. The number of methoxy groups -OCH3 is 3. The molecule has 3 fully saturated rings. The maximum absolute atomic E-state index is 13.4. The molecule has 0 radical (unpaired) electrons. The van der Waals surface area contributed by atoms with Crippen LogP contribution in [-0.4, -0.2) is 56.1 Å². The fraction of sp³-hybridized carbons (Fsp3) is 0.357. The average molecular weight is 521 g/mol. The number of imide groups is 2. The molecule has 2 bridgehead atoms.